The molecule has 10 heteroatoms. The second-order valence-electron chi connectivity index (χ2n) is 5.07. The van der Waals surface area contributed by atoms with Crippen molar-refractivity contribution in [1.82, 2.24) is 5.43 Å². The molecule has 2 aromatic carbocycles. The first-order chi connectivity index (χ1) is 12.9. The smallest absolute Gasteiger partial charge is 0.337 e. The van der Waals surface area contributed by atoms with Crippen molar-refractivity contribution >= 4 is 39.7 Å². The van der Waals surface area contributed by atoms with Crippen LogP contribution in [-0.2, 0) is 9.53 Å². The van der Waals surface area contributed by atoms with Crippen LogP contribution in [0.15, 0.2) is 52.0 Å². The molecule has 0 spiro atoms. The van der Waals surface area contributed by atoms with E-state index in [0.717, 1.165) is 0 Å². The minimum absolute atomic E-state index is 0.0958. The maximum absolute atomic E-state index is 11.7. The van der Waals surface area contributed by atoms with E-state index in [4.69, 9.17) is 4.74 Å². The SMILES string of the molecule is COC(=O)c1ccc(/C=N\NC(=O)COc2ccc([N+](=O)[O-])cc2Br)cc1. The number of nitrogens with one attached hydrogen (secondary N) is 1. The first-order valence-electron chi connectivity index (χ1n) is 7.47. The fourth-order valence-electron chi connectivity index (χ4n) is 1.90. The number of amides is 1. The van der Waals surface area contributed by atoms with Crippen LogP contribution in [0.2, 0.25) is 0 Å². The molecular weight excluding hydrogens is 422 g/mol. The summed E-state index contributed by atoms with van der Waals surface area (Å²) < 4.78 is 10.2. The highest BCUT2D eigenvalue weighted by atomic mass is 79.9. The van der Waals surface area contributed by atoms with E-state index in [-0.39, 0.29) is 18.0 Å². The van der Waals surface area contributed by atoms with Crippen molar-refractivity contribution in [3.8, 4) is 5.75 Å². The number of non-ortho nitro benzene ring substituents is 1. The predicted octanol–water partition coefficient (Wildman–Crippen LogP) is 2.67. The zero-order valence-electron chi connectivity index (χ0n) is 14.0. The van der Waals surface area contributed by atoms with Gasteiger partial charge in [-0.1, -0.05) is 12.1 Å². The largest absolute Gasteiger partial charge is 0.483 e. The molecule has 0 atom stereocenters. The van der Waals surface area contributed by atoms with Gasteiger partial charge >= 0.3 is 5.97 Å². The van der Waals surface area contributed by atoms with Gasteiger partial charge in [-0.2, -0.15) is 5.10 Å². The van der Waals surface area contributed by atoms with E-state index in [1.165, 1.54) is 31.5 Å². The molecule has 0 unspecified atom stereocenters. The number of hydrogen-bond acceptors (Lipinski definition) is 7. The summed E-state index contributed by atoms with van der Waals surface area (Å²) in [7, 11) is 1.30. The molecular formula is C17H14BrN3O6. The molecule has 0 aliphatic heterocycles. The van der Waals surface area contributed by atoms with Gasteiger partial charge in [-0.15, -0.1) is 0 Å². The number of hydrogen-bond donors (Lipinski definition) is 1. The van der Waals surface area contributed by atoms with Crippen LogP contribution in [0.1, 0.15) is 15.9 Å². The lowest BCUT2D eigenvalue weighted by Crippen LogP contribution is -2.24. The van der Waals surface area contributed by atoms with Crippen LogP contribution < -0.4 is 10.2 Å². The molecule has 0 aromatic heterocycles. The van der Waals surface area contributed by atoms with Gasteiger partial charge in [0.05, 0.1) is 28.3 Å². The third-order valence-electron chi connectivity index (χ3n) is 3.22. The molecule has 140 valence electrons. The lowest BCUT2D eigenvalue weighted by atomic mass is 10.1. The molecule has 1 N–H and O–H groups in total. The normalized spacial score (nSPS) is 10.4. The van der Waals surface area contributed by atoms with E-state index in [1.54, 1.807) is 24.3 Å². The fraction of sp³-hybridized carbons (Fsp3) is 0.118. The average Bonchev–Trinajstić information content (AvgIpc) is 2.66. The fourth-order valence-corrected chi connectivity index (χ4v) is 2.38. The molecule has 0 fully saturated rings. The molecule has 1 amide bonds. The lowest BCUT2D eigenvalue weighted by Gasteiger charge is -2.06. The second-order valence-corrected chi connectivity index (χ2v) is 5.92. The third-order valence-corrected chi connectivity index (χ3v) is 3.84. The molecule has 0 bridgehead atoms. The number of carbonyl (C=O) groups excluding carboxylic acids is 2. The van der Waals surface area contributed by atoms with Crippen molar-refractivity contribution in [2.24, 2.45) is 5.10 Å². The summed E-state index contributed by atoms with van der Waals surface area (Å²) in [6.07, 6.45) is 1.40. The molecule has 2 aromatic rings. The first-order valence-corrected chi connectivity index (χ1v) is 8.27. The van der Waals surface area contributed by atoms with Crippen molar-refractivity contribution in [3.63, 3.8) is 0 Å². The maximum atomic E-state index is 11.7. The van der Waals surface area contributed by atoms with Crippen LogP contribution in [0.5, 0.6) is 5.75 Å². The van der Waals surface area contributed by atoms with Gasteiger partial charge in [0.2, 0.25) is 0 Å². The van der Waals surface area contributed by atoms with E-state index >= 15 is 0 Å². The number of halogens is 1. The Bertz CT molecular complexity index is 883. The molecule has 0 saturated heterocycles. The van der Waals surface area contributed by atoms with Gasteiger partial charge in [0, 0.05) is 12.1 Å². The summed E-state index contributed by atoms with van der Waals surface area (Å²) in [6, 6.07) is 10.4. The van der Waals surface area contributed by atoms with E-state index in [1.807, 2.05) is 0 Å². The van der Waals surface area contributed by atoms with Crippen LogP contribution in [0, 0.1) is 10.1 Å². The van der Waals surface area contributed by atoms with Gasteiger partial charge in [0.25, 0.3) is 11.6 Å². The highest BCUT2D eigenvalue weighted by Gasteiger charge is 2.11. The summed E-state index contributed by atoms with van der Waals surface area (Å²) >= 11 is 3.15. The van der Waals surface area contributed by atoms with Gasteiger partial charge in [-0.3, -0.25) is 14.9 Å². The van der Waals surface area contributed by atoms with Crippen molar-refractivity contribution in [3.05, 3.63) is 68.2 Å². The first kappa shape index (κ1) is 20.0. The molecule has 2 rings (SSSR count). The van der Waals surface area contributed by atoms with Gasteiger partial charge in [0.1, 0.15) is 5.75 Å². The van der Waals surface area contributed by atoms with E-state index < -0.39 is 16.8 Å². The Balaban J connectivity index is 1.85. The third kappa shape index (κ3) is 5.89. The highest BCUT2D eigenvalue weighted by Crippen LogP contribution is 2.28. The number of nitro groups is 1. The highest BCUT2D eigenvalue weighted by molar-refractivity contribution is 9.10. The Hall–Kier alpha value is -3.27. The standard InChI is InChI=1S/C17H14BrN3O6/c1-26-17(23)12-4-2-11(3-5-12)9-19-20-16(22)10-27-15-7-6-13(21(24)25)8-14(15)18/h2-9H,10H2,1H3,(H,20,22)/b19-9-. The number of benzene rings is 2. The lowest BCUT2D eigenvalue weighted by molar-refractivity contribution is -0.384. The summed E-state index contributed by atoms with van der Waals surface area (Å²) in [4.78, 5) is 33.2. The van der Waals surface area contributed by atoms with Crippen molar-refractivity contribution in [2.45, 2.75) is 0 Å². The maximum Gasteiger partial charge on any atom is 0.337 e. The van der Waals surface area contributed by atoms with Crippen LogP contribution >= 0.6 is 15.9 Å². The van der Waals surface area contributed by atoms with Crippen LogP contribution in [0.25, 0.3) is 0 Å². The molecule has 0 aliphatic carbocycles. The minimum atomic E-state index is -0.534. The quantitative estimate of drug-likeness (QED) is 0.309. The van der Waals surface area contributed by atoms with Gasteiger partial charge in [-0.25, -0.2) is 10.2 Å². The number of rotatable bonds is 7. The van der Waals surface area contributed by atoms with Crippen LogP contribution in [0.4, 0.5) is 5.69 Å². The van der Waals surface area contributed by atoms with Crippen molar-refractivity contribution in [2.75, 3.05) is 13.7 Å². The number of methoxy groups -OCH3 is 1. The molecule has 0 radical (unpaired) electrons. The predicted molar refractivity (Wildman–Crippen MR) is 99.8 cm³/mol. The van der Waals surface area contributed by atoms with E-state index in [9.17, 15) is 19.7 Å². The average molecular weight is 436 g/mol. The molecule has 0 aliphatic rings. The van der Waals surface area contributed by atoms with Crippen molar-refractivity contribution < 1.29 is 24.0 Å². The zero-order chi connectivity index (χ0) is 19.8. The van der Waals surface area contributed by atoms with E-state index in [2.05, 4.69) is 31.2 Å². The number of nitro benzene ring substituents is 1. The Morgan fingerprint density at radius 1 is 1.26 bits per heavy atom. The molecule has 9 nitrogen and oxygen atoms in total. The van der Waals surface area contributed by atoms with Crippen LogP contribution in [-0.4, -0.2) is 36.7 Å². The number of ether oxygens (including phenoxy) is 2. The summed E-state index contributed by atoms with van der Waals surface area (Å²) in [6.45, 7) is -0.324. The molecule has 0 heterocycles. The Kier molecular flexibility index (Phi) is 7.00. The number of hydrazone groups is 1. The van der Waals surface area contributed by atoms with Gasteiger partial charge < -0.3 is 9.47 Å². The van der Waals surface area contributed by atoms with Gasteiger partial charge in [0.15, 0.2) is 6.61 Å². The Morgan fingerprint density at radius 2 is 1.96 bits per heavy atom. The minimum Gasteiger partial charge on any atom is -0.483 e. The van der Waals surface area contributed by atoms with E-state index in [0.29, 0.717) is 15.6 Å². The molecule has 0 saturated carbocycles. The summed E-state index contributed by atoms with van der Waals surface area (Å²) in [5, 5.41) is 14.5. The van der Waals surface area contributed by atoms with Gasteiger partial charge in [-0.05, 0) is 39.7 Å². The number of carbonyl (C=O) groups is 2. The summed E-state index contributed by atoms with van der Waals surface area (Å²) in [5.74, 6) is -0.665. The number of esters is 1. The monoisotopic (exact) mass is 435 g/mol. The van der Waals surface area contributed by atoms with Crippen LogP contribution in [0.3, 0.4) is 0 Å². The van der Waals surface area contributed by atoms with Crippen molar-refractivity contribution in [1.29, 1.82) is 0 Å². The topological polar surface area (TPSA) is 120 Å². The second kappa shape index (κ2) is 9.43. The zero-order valence-corrected chi connectivity index (χ0v) is 15.6. The Labute approximate surface area is 162 Å². The molecule has 27 heavy (non-hydrogen) atoms. The summed E-state index contributed by atoms with van der Waals surface area (Å²) in [5.41, 5.74) is 3.27. The Morgan fingerprint density at radius 3 is 2.56 bits per heavy atom. The number of nitrogens with zero attached hydrogens (tertiary/aromatic N) is 2.